The third kappa shape index (κ3) is 11.1. The fourth-order valence-electron chi connectivity index (χ4n) is 9.63. The molecule has 0 radical (unpaired) electrons. The van der Waals surface area contributed by atoms with Crippen LogP contribution < -0.4 is 0 Å². The maximum atomic E-state index is 2.34. The van der Waals surface area contributed by atoms with Crippen LogP contribution in [0.3, 0.4) is 0 Å². The van der Waals surface area contributed by atoms with E-state index in [2.05, 4.69) is 328 Å². The maximum Gasteiger partial charge on any atom is -0.0105 e. The molecule has 0 unspecified atom stereocenters. The Labute approximate surface area is 436 Å². The lowest BCUT2D eigenvalue weighted by molar-refractivity contribution is 1.53. The first-order valence-corrected chi connectivity index (χ1v) is 25.4. The van der Waals surface area contributed by atoms with Gasteiger partial charge in [-0.3, -0.25) is 0 Å². The highest BCUT2D eigenvalue weighted by Crippen LogP contribution is 2.34. The van der Waals surface area contributed by atoms with Gasteiger partial charge < -0.3 is 0 Å². The normalized spacial score (nSPS) is 11.1. The topological polar surface area (TPSA) is 0 Å². The summed E-state index contributed by atoms with van der Waals surface area (Å²) in [5, 5.41) is 0. The molecule has 0 atom stereocenters. The van der Waals surface area contributed by atoms with Crippen molar-refractivity contribution in [2.75, 3.05) is 0 Å². The van der Waals surface area contributed by atoms with E-state index in [0.29, 0.717) is 0 Å². The Morgan fingerprint density at radius 3 is 0.568 bits per heavy atom. The van der Waals surface area contributed by atoms with E-state index < -0.39 is 0 Å². The summed E-state index contributed by atoms with van der Waals surface area (Å²) in [4.78, 5) is 0. The maximum absolute atomic E-state index is 2.34. The van der Waals surface area contributed by atoms with E-state index in [1.807, 2.05) is 0 Å². The quantitative estimate of drug-likeness (QED) is 0.0953. The van der Waals surface area contributed by atoms with Crippen LogP contribution in [0.2, 0.25) is 0 Å². The number of rotatable bonds is 14. The van der Waals surface area contributed by atoms with Crippen molar-refractivity contribution < 1.29 is 0 Å². The van der Waals surface area contributed by atoms with E-state index in [1.54, 1.807) is 0 Å². The average Bonchev–Trinajstić information content (AvgIpc) is 3.48. The third-order valence-electron chi connectivity index (χ3n) is 13.7. The first kappa shape index (κ1) is 46.7. The Morgan fingerprint density at radius 2 is 0.338 bits per heavy atom. The van der Waals surface area contributed by atoms with E-state index in [9.17, 15) is 0 Å². The fraction of sp³-hybridized carbons (Fsp3) is 0. The highest BCUT2D eigenvalue weighted by Gasteiger charge is 2.12. The molecule has 0 aliphatic rings. The molecule has 0 aliphatic heterocycles. The summed E-state index contributed by atoms with van der Waals surface area (Å²) in [6.45, 7) is 0. The Bertz CT molecular complexity index is 3310. The molecule has 11 aromatic rings. The Morgan fingerprint density at radius 1 is 0.162 bits per heavy atom. The number of hydrogen-bond acceptors (Lipinski definition) is 0. The lowest BCUT2D eigenvalue weighted by atomic mass is 9.91. The fourth-order valence-corrected chi connectivity index (χ4v) is 9.63. The van der Waals surface area contributed by atoms with Crippen LogP contribution in [0.25, 0.3) is 92.1 Å². The van der Waals surface area contributed by atoms with E-state index >= 15 is 0 Å². The van der Waals surface area contributed by atoms with Crippen molar-refractivity contribution in [3.63, 3.8) is 0 Å². The van der Waals surface area contributed by atoms with E-state index in [-0.39, 0.29) is 0 Å². The monoisotopic (exact) mass is 942 g/mol. The number of hydrogen-bond donors (Lipinski definition) is 0. The molecule has 0 saturated carbocycles. The van der Waals surface area contributed by atoms with Crippen LogP contribution in [0.5, 0.6) is 0 Å². The van der Waals surface area contributed by atoms with E-state index in [0.717, 1.165) is 66.8 Å². The lowest BCUT2D eigenvalue weighted by Gasteiger charge is -2.13. The van der Waals surface area contributed by atoms with Crippen LogP contribution in [0.1, 0.15) is 55.6 Å². The van der Waals surface area contributed by atoms with Crippen LogP contribution in [-0.2, 0) is 0 Å². The first-order chi connectivity index (χ1) is 36.7. The van der Waals surface area contributed by atoms with Crippen LogP contribution in [-0.4, -0.2) is 0 Å². The zero-order valence-corrected chi connectivity index (χ0v) is 41.2. The van der Waals surface area contributed by atoms with Crippen molar-refractivity contribution >= 4 is 47.6 Å². The van der Waals surface area contributed by atoms with Crippen LogP contribution in [0.4, 0.5) is 0 Å². The van der Waals surface area contributed by atoms with Gasteiger partial charge in [-0.2, -0.15) is 0 Å². The molecule has 74 heavy (non-hydrogen) atoms. The van der Waals surface area contributed by atoms with E-state index in [4.69, 9.17) is 0 Å². The summed E-state index contributed by atoms with van der Waals surface area (Å²) in [5.41, 5.74) is 23.5. The second-order valence-corrected chi connectivity index (χ2v) is 18.4. The van der Waals surface area contributed by atoms with Crippen molar-refractivity contribution in [3.8, 4) is 44.5 Å². The van der Waals surface area contributed by atoms with Crippen LogP contribution in [0.15, 0.2) is 291 Å². The number of benzene rings is 11. The summed E-state index contributed by atoms with van der Waals surface area (Å²) in [6, 6.07) is 104. The molecule has 0 N–H and O–H groups in total. The minimum atomic E-state index is 1.14. The van der Waals surface area contributed by atoms with Gasteiger partial charge >= 0.3 is 0 Å². The Kier molecular flexibility index (Phi) is 14.3. The predicted octanol–water partition coefficient (Wildman–Crippen LogP) is 19.9. The standard InChI is InChI=1S/C74H54/c1-5-19-55(20-6-1)63-37-45-67(46-38-63)73(68-47-39-64(40-48-68)56-21-7-2-8-22-56)53-71-31-17-15-29-61(71)35-33-59-27-13-14-28-60(59)34-36-62-30-16-18-32-72(62)54-74(69-49-41-65(42-50-69)57-23-9-3-10-24-57)70-51-43-66(44-52-70)58-25-11-4-12-26-58/h1-54H/b35-33-,36-34?. The van der Waals surface area contributed by atoms with Crippen LogP contribution in [0, 0.1) is 0 Å². The summed E-state index contributed by atoms with van der Waals surface area (Å²) in [5.74, 6) is 0. The molecule has 0 amide bonds. The molecular formula is C74H54. The molecule has 11 rings (SSSR count). The summed E-state index contributed by atoms with van der Waals surface area (Å²) in [6.07, 6.45) is 13.7. The summed E-state index contributed by atoms with van der Waals surface area (Å²) < 4.78 is 0. The van der Waals surface area contributed by atoms with Gasteiger partial charge in [0, 0.05) is 0 Å². The second kappa shape index (κ2) is 22.6. The highest BCUT2D eigenvalue weighted by atomic mass is 14.2. The molecule has 0 heteroatoms. The molecule has 0 saturated heterocycles. The minimum Gasteiger partial charge on any atom is -0.0622 e. The molecule has 350 valence electrons. The van der Waals surface area contributed by atoms with Gasteiger partial charge in [-0.15, -0.1) is 0 Å². The molecule has 0 bridgehead atoms. The smallest absolute Gasteiger partial charge is 0.0105 e. The van der Waals surface area contributed by atoms with Gasteiger partial charge in [0.2, 0.25) is 0 Å². The molecule has 11 aromatic carbocycles. The minimum absolute atomic E-state index is 1.14. The largest absolute Gasteiger partial charge is 0.0622 e. The van der Waals surface area contributed by atoms with Crippen molar-refractivity contribution in [3.05, 3.63) is 347 Å². The molecule has 0 spiro atoms. The second-order valence-electron chi connectivity index (χ2n) is 18.4. The first-order valence-electron chi connectivity index (χ1n) is 25.4. The van der Waals surface area contributed by atoms with Crippen molar-refractivity contribution in [1.82, 2.24) is 0 Å². The zero-order valence-electron chi connectivity index (χ0n) is 41.2. The Hall–Kier alpha value is -9.62. The van der Waals surface area contributed by atoms with Crippen molar-refractivity contribution in [2.24, 2.45) is 0 Å². The van der Waals surface area contributed by atoms with Crippen molar-refractivity contribution in [1.29, 1.82) is 0 Å². The van der Waals surface area contributed by atoms with Gasteiger partial charge in [0.25, 0.3) is 0 Å². The SMILES string of the molecule is C(=Cc1ccccc1/C=C\c1ccccc1C=C(c1ccc(-c2ccccc2)cc1)c1ccc(-c2ccccc2)cc1)c1ccccc1C=C(c1ccc(-c2ccccc2)cc1)c1ccc(-c2ccccc2)cc1. The Balaban J connectivity index is 0.912. The van der Waals surface area contributed by atoms with Gasteiger partial charge in [-0.05, 0) is 123 Å². The molecule has 0 nitrogen and oxygen atoms in total. The molecular weight excluding hydrogens is 889 g/mol. The third-order valence-corrected chi connectivity index (χ3v) is 13.7. The molecule has 0 aliphatic carbocycles. The molecule has 0 aromatic heterocycles. The van der Waals surface area contributed by atoms with Crippen molar-refractivity contribution in [2.45, 2.75) is 0 Å². The van der Waals surface area contributed by atoms with E-state index in [1.165, 1.54) is 44.5 Å². The lowest BCUT2D eigenvalue weighted by Crippen LogP contribution is -1.91. The average molecular weight is 943 g/mol. The van der Waals surface area contributed by atoms with Crippen LogP contribution >= 0.6 is 0 Å². The van der Waals surface area contributed by atoms with Gasteiger partial charge in [-0.1, -0.05) is 315 Å². The van der Waals surface area contributed by atoms with Gasteiger partial charge in [0.05, 0.1) is 0 Å². The van der Waals surface area contributed by atoms with Gasteiger partial charge in [0.15, 0.2) is 0 Å². The van der Waals surface area contributed by atoms with Gasteiger partial charge in [-0.25, -0.2) is 0 Å². The predicted molar refractivity (Wildman–Crippen MR) is 319 cm³/mol. The zero-order chi connectivity index (χ0) is 49.7. The highest BCUT2D eigenvalue weighted by molar-refractivity contribution is 5.96. The molecule has 0 heterocycles. The summed E-state index contributed by atoms with van der Waals surface area (Å²) in [7, 11) is 0. The summed E-state index contributed by atoms with van der Waals surface area (Å²) >= 11 is 0. The molecule has 0 fully saturated rings. The van der Waals surface area contributed by atoms with Gasteiger partial charge in [0.1, 0.15) is 0 Å².